The minimum absolute atomic E-state index is 0.323. The van der Waals surface area contributed by atoms with Crippen molar-refractivity contribution in [3.63, 3.8) is 0 Å². The first kappa shape index (κ1) is 15.0. The molecule has 0 heterocycles. The van der Waals surface area contributed by atoms with Crippen molar-refractivity contribution < 1.29 is 14.6 Å². The summed E-state index contributed by atoms with van der Waals surface area (Å²) in [7, 11) is 0. The zero-order valence-corrected chi connectivity index (χ0v) is 11.2. The zero-order chi connectivity index (χ0) is 13.2. The molecule has 0 saturated carbocycles. The highest BCUT2D eigenvalue weighted by Gasteiger charge is 1.99. The number of hydrogen-bond donors (Lipinski definition) is 2. The molecule has 0 saturated heterocycles. The van der Waals surface area contributed by atoms with Gasteiger partial charge in [0.05, 0.1) is 12.7 Å². The second-order valence-corrected chi connectivity index (χ2v) is 4.17. The minimum Gasteiger partial charge on any atom is -0.491 e. The van der Waals surface area contributed by atoms with E-state index in [0.717, 1.165) is 17.9 Å². The maximum atomic E-state index is 9.15. The van der Waals surface area contributed by atoms with Crippen molar-refractivity contribution in [3.05, 3.63) is 29.8 Å². The molecule has 0 bridgehead atoms. The van der Waals surface area contributed by atoms with Gasteiger partial charge in [-0.3, -0.25) is 0 Å². The average Bonchev–Trinajstić information content (AvgIpc) is 2.35. The predicted octanol–water partition coefficient (Wildman–Crippen LogP) is 1.57. The van der Waals surface area contributed by atoms with Crippen LogP contribution in [0.3, 0.4) is 0 Å². The fourth-order valence-electron chi connectivity index (χ4n) is 1.53. The van der Waals surface area contributed by atoms with E-state index in [4.69, 9.17) is 14.6 Å². The van der Waals surface area contributed by atoms with E-state index in [0.29, 0.717) is 26.4 Å². The van der Waals surface area contributed by atoms with Crippen molar-refractivity contribution in [2.75, 3.05) is 26.4 Å². The van der Waals surface area contributed by atoms with Gasteiger partial charge in [0.15, 0.2) is 0 Å². The van der Waals surface area contributed by atoms with Gasteiger partial charge in [0.2, 0.25) is 0 Å². The maximum Gasteiger partial charge on any atom is 0.119 e. The number of aliphatic hydroxyl groups is 1. The molecule has 1 unspecified atom stereocenters. The average molecular weight is 253 g/mol. The van der Waals surface area contributed by atoms with Crippen LogP contribution in [0.2, 0.25) is 0 Å². The molecule has 0 aliphatic heterocycles. The number of aliphatic hydroxyl groups excluding tert-OH is 1. The molecule has 0 radical (unpaired) electrons. The predicted molar refractivity (Wildman–Crippen MR) is 71.8 cm³/mol. The minimum atomic E-state index is -0.323. The van der Waals surface area contributed by atoms with E-state index in [9.17, 15) is 0 Å². The fraction of sp³-hybridized carbons (Fsp3) is 0.571. The van der Waals surface area contributed by atoms with Crippen molar-refractivity contribution in [3.8, 4) is 5.75 Å². The van der Waals surface area contributed by atoms with Crippen LogP contribution in [-0.2, 0) is 11.3 Å². The Kier molecular flexibility index (Phi) is 7.41. The number of hydrogen-bond acceptors (Lipinski definition) is 4. The Labute approximate surface area is 109 Å². The van der Waals surface area contributed by atoms with Crippen LogP contribution in [0, 0.1) is 0 Å². The summed E-state index contributed by atoms with van der Waals surface area (Å²) in [4.78, 5) is 0. The van der Waals surface area contributed by atoms with Gasteiger partial charge >= 0.3 is 0 Å². The Bertz CT molecular complexity index is 329. The van der Waals surface area contributed by atoms with Gasteiger partial charge < -0.3 is 19.9 Å². The molecule has 0 fully saturated rings. The monoisotopic (exact) mass is 253 g/mol. The van der Waals surface area contributed by atoms with Crippen LogP contribution in [0.4, 0.5) is 0 Å². The lowest BCUT2D eigenvalue weighted by atomic mass is 10.2. The van der Waals surface area contributed by atoms with Crippen molar-refractivity contribution in [2.45, 2.75) is 26.5 Å². The summed E-state index contributed by atoms with van der Waals surface area (Å²) in [6, 6.07) is 7.94. The molecule has 0 aliphatic carbocycles. The summed E-state index contributed by atoms with van der Waals surface area (Å²) in [5, 5.41) is 12.3. The van der Waals surface area contributed by atoms with E-state index in [1.165, 1.54) is 0 Å². The molecule has 4 heteroatoms. The summed E-state index contributed by atoms with van der Waals surface area (Å²) in [5.41, 5.74) is 1.14. The molecule has 1 rings (SSSR count). The number of benzene rings is 1. The first-order valence-electron chi connectivity index (χ1n) is 6.40. The third kappa shape index (κ3) is 6.59. The Balaban J connectivity index is 2.32. The molecule has 1 aromatic carbocycles. The summed E-state index contributed by atoms with van der Waals surface area (Å²) in [6.45, 7) is 6.95. The van der Waals surface area contributed by atoms with Crippen LogP contribution in [0.5, 0.6) is 5.75 Å². The SMILES string of the molecule is CCOCCOc1cccc(CNCC(C)O)c1. The van der Waals surface area contributed by atoms with Crippen LogP contribution < -0.4 is 10.1 Å². The third-order valence-electron chi connectivity index (χ3n) is 2.37. The Hall–Kier alpha value is -1.10. The molecule has 0 aromatic heterocycles. The van der Waals surface area contributed by atoms with E-state index in [-0.39, 0.29) is 6.10 Å². The summed E-state index contributed by atoms with van der Waals surface area (Å²) >= 11 is 0. The first-order chi connectivity index (χ1) is 8.72. The molecule has 1 atom stereocenters. The third-order valence-corrected chi connectivity index (χ3v) is 2.37. The van der Waals surface area contributed by atoms with Crippen molar-refractivity contribution in [1.82, 2.24) is 5.32 Å². The van der Waals surface area contributed by atoms with Crippen LogP contribution in [-0.4, -0.2) is 37.6 Å². The van der Waals surface area contributed by atoms with Crippen LogP contribution >= 0.6 is 0 Å². The number of rotatable bonds is 9. The molecule has 2 N–H and O–H groups in total. The van der Waals surface area contributed by atoms with Crippen molar-refractivity contribution in [2.24, 2.45) is 0 Å². The first-order valence-corrected chi connectivity index (χ1v) is 6.40. The lowest BCUT2D eigenvalue weighted by Crippen LogP contribution is -2.23. The van der Waals surface area contributed by atoms with Gasteiger partial charge in [0, 0.05) is 19.7 Å². The highest BCUT2D eigenvalue weighted by Crippen LogP contribution is 2.13. The van der Waals surface area contributed by atoms with Crippen LogP contribution in [0.1, 0.15) is 19.4 Å². The summed E-state index contributed by atoms with van der Waals surface area (Å²) in [6.07, 6.45) is -0.323. The van der Waals surface area contributed by atoms with Gasteiger partial charge in [0.25, 0.3) is 0 Å². The molecule has 1 aromatic rings. The maximum absolute atomic E-state index is 9.15. The lowest BCUT2D eigenvalue weighted by molar-refractivity contribution is 0.110. The van der Waals surface area contributed by atoms with Gasteiger partial charge in [-0.05, 0) is 31.5 Å². The van der Waals surface area contributed by atoms with E-state index in [1.807, 2.05) is 31.2 Å². The topological polar surface area (TPSA) is 50.7 Å². The summed E-state index contributed by atoms with van der Waals surface area (Å²) < 4.78 is 10.8. The lowest BCUT2D eigenvalue weighted by Gasteiger charge is -2.09. The van der Waals surface area contributed by atoms with E-state index < -0.39 is 0 Å². The molecular formula is C14H23NO3. The molecular weight excluding hydrogens is 230 g/mol. The molecule has 4 nitrogen and oxygen atoms in total. The van der Waals surface area contributed by atoms with E-state index in [2.05, 4.69) is 5.32 Å². The zero-order valence-electron chi connectivity index (χ0n) is 11.2. The molecule has 0 amide bonds. The standard InChI is InChI=1S/C14H23NO3/c1-3-17-7-8-18-14-6-4-5-13(9-14)11-15-10-12(2)16/h4-6,9,12,15-16H,3,7-8,10-11H2,1-2H3. The fourth-order valence-corrected chi connectivity index (χ4v) is 1.53. The number of ether oxygens (including phenoxy) is 2. The van der Waals surface area contributed by atoms with Crippen LogP contribution in [0.15, 0.2) is 24.3 Å². The molecule has 0 aliphatic rings. The molecule has 0 spiro atoms. The van der Waals surface area contributed by atoms with Crippen LogP contribution in [0.25, 0.3) is 0 Å². The van der Waals surface area contributed by atoms with Gasteiger partial charge in [-0.1, -0.05) is 12.1 Å². The number of nitrogens with one attached hydrogen (secondary N) is 1. The van der Waals surface area contributed by atoms with Crippen molar-refractivity contribution in [1.29, 1.82) is 0 Å². The quantitative estimate of drug-likeness (QED) is 0.656. The molecule has 18 heavy (non-hydrogen) atoms. The largest absolute Gasteiger partial charge is 0.491 e. The Morgan fingerprint density at radius 3 is 2.89 bits per heavy atom. The van der Waals surface area contributed by atoms with Gasteiger partial charge in [-0.15, -0.1) is 0 Å². The normalized spacial score (nSPS) is 12.4. The van der Waals surface area contributed by atoms with Crippen molar-refractivity contribution >= 4 is 0 Å². The summed E-state index contributed by atoms with van der Waals surface area (Å²) in [5.74, 6) is 0.853. The van der Waals surface area contributed by atoms with Gasteiger partial charge in [0.1, 0.15) is 12.4 Å². The highest BCUT2D eigenvalue weighted by atomic mass is 16.5. The van der Waals surface area contributed by atoms with E-state index >= 15 is 0 Å². The Morgan fingerprint density at radius 1 is 1.33 bits per heavy atom. The second kappa shape index (κ2) is 8.91. The highest BCUT2D eigenvalue weighted by molar-refractivity contribution is 5.28. The van der Waals surface area contributed by atoms with Gasteiger partial charge in [-0.25, -0.2) is 0 Å². The second-order valence-electron chi connectivity index (χ2n) is 4.17. The van der Waals surface area contributed by atoms with E-state index in [1.54, 1.807) is 6.92 Å². The smallest absolute Gasteiger partial charge is 0.119 e. The molecule has 102 valence electrons. The van der Waals surface area contributed by atoms with Gasteiger partial charge in [-0.2, -0.15) is 0 Å². The Morgan fingerprint density at radius 2 is 2.17 bits per heavy atom.